The van der Waals surface area contributed by atoms with Crippen molar-refractivity contribution in [3.63, 3.8) is 0 Å². The number of nitrogens with one attached hydrogen (secondary N) is 2. The van der Waals surface area contributed by atoms with Gasteiger partial charge in [0.2, 0.25) is 20.0 Å². The third-order valence-electron chi connectivity index (χ3n) is 3.73. The van der Waals surface area contributed by atoms with Crippen molar-refractivity contribution in [2.75, 3.05) is 26.2 Å². The second-order valence-electron chi connectivity index (χ2n) is 5.52. The molecule has 1 heterocycles. The third kappa shape index (κ3) is 3.33. The van der Waals surface area contributed by atoms with Crippen molar-refractivity contribution in [1.82, 2.24) is 14.3 Å². The van der Waals surface area contributed by atoms with Gasteiger partial charge >= 0.3 is 0 Å². The Bertz CT molecular complexity index is 751. The molecule has 1 aliphatic heterocycles. The molecule has 0 amide bonds. The van der Waals surface area contributed by atoms with E-state index in [0.717, 1.165) is 12.8 Å². The number of sulfonamides is 2. The Labute approximate surface area is 130 Å². The van der Waals surface area contributed by atoms with Gasteiger partial charge in [0, 0.05) is 32.2 Å². The second-order valence-corrected chi connectivity index (χ2v) is 9.18. The van der Waals surface area contributed by atoms with Crippen LogP contribution in [0.2, 0.25) is 0 Å². The van der Waals surface area contributed by atoms with E-state index in [0.29, 0.717) is 26.2 Å². The van der Waals surface area contributed by atoms with E-state index in [4.69, 9.17) is 0 Å². The molecule has 9 heteroatoms. The average Bonchev–Trinajstić information content (AvgIpc) is 3.31. The summed E-state index contributed by atoms with van der Waals surface area (Å²) in [6, 6.07) is 5.55. The van der Waals surface area contributed by atoms with Gasteiger partial charge in [0.15, 0.2) is 0 Å². The number of hydrogen-bond acceptors (Lipinski definition) is 5. The highest BCUT2D eigenvalue weighted by atomic mass is 32.2. The molecule has 7 nitrogen and oxygen atoms in total. The molecular formula is C13H19N3O4S2. The van der Waals surface area contributed by atoms with Crippen LogP contribution in [0.15, 0.2) is 34.1 Å². The van der Waals surface area contributed by atoms with Crippen LogP contribution in [0.5, 0.6) is 0 Å². The number of nitrogens with zero attached hydrogens (tertiary/aromatic N) is 1. The quantitative estimate of drug-likeness (QED) is 0.765. The number of rotatable bonds is 5. The minimum atomic E-state index is -3.66. The Morgan fingerprint density at radius 1 is 1.05 bits per heavy atom. The SMILES string of the molecule is O=S(=O)(NC1CC1)c1cccc(S(=O)(=O)N2CCNCC2)c1. The topological polar surface area (TPSA) is 95.6 Å². The molecule has 0 aromatic heterocycles. The molecule has 1 saturated heterocycles. The summed E-state index contributed by atoms with van der Waals surface area (Å²) >= 11 is 0. The summed E-state index contributed by atoms with van der Waals surface area (Å²) in [5.74, 6) is 0. The monoisotopic (exact) mass is 345 g/mol. The zero-order chi connectivity index (χ0) is 15.8. The van der Waals surface area contributed by atoms with Gasteiger partial charge in [-0.15, -0.1) is 0 Å². The molecule has 1 aliphatic carbocycles. The molecule has 122 valence electrons. The van der Waals surface area contributed by atoms with Gasteiger partial charge in [-0.1, -0.05) is 6.07 Å². The van der Waals surface area contributed by atoms with Gasteiger partial charge in [-0.3, -0.25) is 0 Å². The zero-order valence-electron chi connectivity index (χ0n) is 12.0. The normalized spacial score (nSPS) is 20.9. The van der Waals surface area contributed by atoms with Crippen LogP contribution in [0.25, 0.3) is 0 Å². The Kier molecular flexibility index (Phi) is 4.25. The summed E-state index contributed by atoms with van der Waals surface area (Å²) < 4.78 is 53.5. The Morgan fingerprint density at radius 2 is 1.68 bits per heavy atom. The van der Waals surface area contributed by atoms with E-state index in [-0.39, 0.29) is 15.8 Å². The molecule has 0 atom stereocenters. The van der Waals surface area contributed by atoms with Gasteiger partial charge in [0.05, 0.1) is 9.79 Å². The summed E-state index contributed by atoms with van der Waals surface area (Å²) in [6.45, 7) is 1.97. The molecule has 2 N–H and O–H groups in total. The van der Waals surface area contributed by atoms with Gasteiger partial charge < -0.3 is 5.32 Å². The number of hydrogen-bond donors (Lipinski definition) is 2. The van der Waals surface area contributed by atoms with Crippen LogP contribution in [0, 0.1) is 0 Å². The first-order valence-electron chi connectivity index (χ1n) is 7.23. The van der Waals surface area contributed by atoms with Gasteiger partial charge in [-0.2, -0.15) is 4.31 Å². The zero-order valence-corrected chi connectivity index (χ0v) is 13.7. The maximum atomic E-state index is 12.6. The summed E-state index contributed by atoms with van der Waals surface area (Å²) in [6.07, 6.45) is 1.66. The van der Waals surface area contributed by atoms with E-state index in [2.05, 4.69) is 10.0 Å². The molecule has 2 aliphatic rings. The van der Waals surface area contributed by atoms with Gasteiger partial charge in [-0.25, -0.2) is 21.6 Å². The van der Waals surface area contributed by atoms with Crippen molar-refractivity contribution in [3.05, 3.63) is 24.3 Å². The first kappa shape index (κ1) is 15.9. The van der Waals surface area contributed by atoms with Crippen LogP contribution in [-0.2, 0) is 20.0 Å². The first-order valence-corrected chi connectivity index (χ1v) is 10.2. The third-order valence-corrected chi connectivity index (χ3v) is 7.14. The minimum absolute atomic E-state index is 0.00407. The summed E-state index contributed by atoms with van der Waals surface area (Å²) in [4.78, 5) is 0.0173. The Morgan fingerprint density at radius 3 is 2.32 bits per heavy atom. The first-order chi connectivity index (χ1) is 10.4. The van der Waals surface area contributed by atoms with Crippen molar-refractivity contribution >= 4 is 20.0 Å². The van der Waals surface area contributed by atoms with Crippen LogP contribution < -0.4 is 10.0 Å². The Balaban J connectivity index is 1.89. The highest BCUT2D eigenvalue weighted by molar-refractivity contribution is 7.90. The van der Waals surface area contributed by atoms with Gasteiger partial charge in [-0.05, 0) is 31.0 Å². The highest BCUT2D eigenvalue weighted by Gasteiger charge is 2.30. The van der Waals surface area contributed by atoms with Gasteiger partial charge in [0.1, 0.15) is 0 Å². The maximum absolute atomic E-state index is 12.6. The van der Waals surface area contributed by atoms with E-state index in [1.165, 1.54) is 28.6 Å². The summed E-state index contributed by atoms with van der Waals surface area (Å²) in [5.41, 5.74) is 0. The van der Waals surface area contributed by atoms with Crippen LogP contribution in [0.4, 0.5) is 0 Å². The van der Waals surface area contributed by atoms with Crippen LogP contribution in [0.1, 0.15) is 12.8 Å². The molecule has 3 rings (SSSR count). The second kappa shape index (κ2) is 5.89. The molecule has 0 radical (unpaired) electrons. The summed E-state index contributed by atoms with van der Waals surface area (Å²) in [7, 11) is -7.31. The molecule has 0 spiro atoms. The van der Waals surface area contributed by atoms with E-state index in [9.17, 15) is 16.8 Å². The molecule has 0 unspecified atom stereocenters. The lowest BCUT2D eigenvalue weighted by atomic mass is 10.4. The fourth-order valence-electron chi connectivity index (χ4n) is 2.32. The lowest BCUT2D eigenvalue weighted by Crippen LogP contribution is -2.46. The lowest BCUT2D eigenvalue weighted by Gasteiger charge is -2.26. The molecule has 0 bridgehead atoms. The number of piperazine rings is 1. The predicted molar refractivity (Wildman–Crippen MR) is 81.4 cm³/mol. The molecule has 2 fully saturated rings. The fraction of sp³-hybridized carbons (Fsp3) is 0.538. The highest BCUT2D eigenvalue weighted by Crippen LogP contribution is 2.24. The largest absolute Gasteiger partial charge is 0.314 e. The molecule has 22 heavy (non-hydrogen) atoms. The molecule has 1 saturated carbocycles. The molecule has 1 aromatic carbocycles. The van der Waals surface area contributed by atoms with Crippen molar-refractivity contribution in [1.29, 1.82) is 0 Å². The van der Waals surface area contributed by atoms with Crippen LogP contribution in [0.3, 0.4) is 0 Å². The van der Waals surface area contributed by atoms with Crippen molar-refractivity contribution < 1.29 is 16.8 Å². The van der Waals surface area contributed by atoms with Crippen LogP contribution in [-0.4, -0.2) is 53.4 Å². The van der Waals surface area contributed by atoms with Crippen LogP contribution >= 0.6 is 0 Å². The van der Waals surface area contributed by atoms with Gasteiger partial charge in [0.25, 0.3) is 0 Å². The number of benzene rings is 1. The van der Waals surface area contributed by atoms with E-state index >= 15 is 0 Å². The predicted octanol–water partition coefficient (Wildman–Crippen LogP) is -0.279. The Hall–Kier alpha value is -1.00. The lowest BCUT2D eigenvalue weighted by molar-refractivity contribution is 0.360. The van der Waals surface area contributed by atoms with Crippen molar-refractivity contribution in [2.45, 2.75) is 28.7 Å². The molecular weight excluding hydrogens is 326 g/mol. The van der Waals surface area contributed by atoms with E-state index in [1.807, 2.05) is 0 Å². The smallest absolute Gasteiger partial charge is 0.243 e. The fourth-order valence-corrected chi connectivity index (χ4v) is 5.24. The van der Waals surface area contributed by atoms with Crippen molar-refractivity contribution in [2.24, 2.45) is 0 Å². The summed E-state index contributed by atoms with van der Waals surface area (Å²) in [5, 5.41) is 3.09. The minimum Gasteiger partial charge on any atom is -0.314 e. The van der Waals surface area contributed by atoms with Crippen molar-refractivity contribution in [3.8, 4) is 0 Å². The van der Waals surface area contributed by atoms with E-state index in [1.54, 1.807) is 0 Å². The maximum Gasteiger partial charge on any atom is 0.243 e. The molecule has 1 aromatic rings. The van der Waals surface area contributed by atoms with E-state index < -0.39 is 20.0 Å². The standard InChI is InChI=1S/C13H19N3O4S2/c17-21(18,15-11-4-5-11)12-2-1-3-13(10-12)22(19,20)16-8-6-14-7-9-16/h1-3,10-11,14-15H,4-9H2. The average molecular weight is 345 g/mol.